The number of hydrogen-bond donors (Lipinski definition) is 2. The van der Waals surface area contributed by atoms with Gasteiger partial charge in [-0.2, -0.15) is 0 Å². The fourth-order valence-corrected chi connectivity index (χ4v) is 2.81. The monoisotopic (exact) mass is 345 g/mol. The zero-order valence-corrected chi connectivity index (χ0v) is 15.3. The first-order valence-electron chi connectivity index (χ1n) is 8.69. The Morgan fingerprint density at radius 3 is 2.42 bits per heavy atom. The smallest absolute Gasteiger partial charge is 0.270 e. The Hall–Kier alpha value is -3.14. The molecule has 1 amide bonds. The minimum Gasteiger partial charge on any atom is -0.354 e. The molecule has 3 rings (SSSR count). The van der Waals surface area contributed by atoms with Gasteiger partial charge in [-0.3, -0.25) is 4.79 Å². The molecule has 4 nitrogen and oxygen atoms in total. The number of rotatable bonds is 5. The van der Waals surface area contributed by atoms with Gasteiger partial charge in [-0.25, -0.2) is 4.98 Å². The van der Waals surface area contributed by atoms with Crippen LogP contribution >= 0.6 is 0 Å². The van der Waals surface area contributed by atoms with E-state index in [4.69, 9.17) is 0 Å². The largest absolute Gasteiger partial charge is 0.354 e. The fourth-order valence-electron chi connectivity index (χ4n) is 2.81. The number of hydrogen-bond acceptors (Lipinski definition) is 3. The number of nitrogens with zero attached hydrogens (tertiary/aromatic N) is 1. The molecule has 0 saturated heterocycles. The standard InChI is InChI=1S/C22H23N3O/c1-15-9-11-20(16(2)13-15)25-19-10-12-21(23-14-19)22(26)24-17(3)18-7-5-4-6-8-18/h4-14,17,25H,1-3H3,(H,24,26). The Kier molecular flexibility index (Phi) is 5.32. The van der Waals surface area contributed by atoms with Crippen LogP contribution in [0.15, 0.2) is 66.9 Å². The highest BCUT2D eigenvalue weighted by Gasteiger charge is 2.12. The number of amides is 1. The van der Waals surface area contributed by atoms with Crippen LogP contribution in [0, 0.1) is 13.8 Å². The van der Waals surface area contributed by atoms with Crippen LogP contribution in [0.2, 0.25) is 0 Å². The maximum atomic E-state index is 12.4. The first-order valence-corrected chi connectivity index (χ1v) is 8.69. The van der Waals surface area contributed by atoms with Gasteiger partial charge in [0.15, 0.2) is 0 Å². The van der Waals surface area contributed by atoms with E-state index in [1.807, 2.05) is 49.4 Å². The predicted octanol–water partition coefficient (Wildman–Crippen LogP) is 4.93. The third-order valence-electron chi connectivity index (χ3n) is 4.30. The lowest BCUT2D eigenvalue weighted by molar-refractivity contribution is 0.0935. The van der Waals surface area contributed by atoms with Gasteiger partial charge in [0.1, 0.15) is 5.69 Å². The molecule has 0 bridgehead atoms. The summed E-state index contributed by atoms with van der Waals surface area (Å²) in [7, 11) is 0. The summed E-state index contributed by atoms with van der Waals surface area (Å²) in [5.74, 6) is -0.181. The minimum absolute atomic E-state index is 0.0708. The molecular weight excluding hydrogens is 322 g/mol. The van der Waals surface area contributed by atoms with Crippen molar-refractivity contribution in [3.05, 3.63) is 89.2 Å². The minimum atomic E-state index is -0.181. The van der Waals surface area contributed by atoms with Crippen LogP contribution in [0.1, 0.15) is 40.1 Å². The van der Waals surface area contributed by atoms with E-state index in [0.717, 1.165) is 16.9 Å². The maximum Gasteiger partial charge on any atom is 0.270 e. The highest BCUT2D eigenvalue weighted by Crippen LogP contribution is 2.21. The molecule has 0 saturated carbocycles. The van der Waals surface area contributed by atoms with Crippen LogP contribution < -0.4 is 10.6 Å². The summed E-state index contributed by atoms with van der Waals surface area (Å²) >= 11 is 0. The molecule has 0 aliphatic rings. The third-order valence-corrected chi connectivity index (χ3v) is 4.30. The molecule has 1 atom stereocenters. The van der Waals surface area contributed by atoms with E-state index in [-0.39, 0.29) is 11.9 Å². The Morgan fingerprint density at radius 2 is 1.77 bits per heavy atom. The molecule has 1 aromatic heterocycles. The molecular formula is C22H23N3O. The van der Waals surface area contributed by atoms with Crippen LogP contribution in [0.3, 0.4) is 0 Å². The van der Waals surface area contributed by atoms with Crippen molar-refractivity contribution in [2.75, 3.05) is 5.32 Å². The number of pyridine rings is 1. The number of aromatic nitrogens is 1. The van der Waals surface area contributed by atoms with Crippen molar-refractivity contribution in [1.82, 2.24) is 10.3 Å². The number of carbonyl (C=O) groups is 1. The topological polar surface area (TPSA) is 54.0 Å². The zero-order chi connectivity index (χ0) is 18.5. The fraction of sp³-hybridized carbons (Fsp3) is 0.182. The molecule has 0 aliphatic heterocycles. The van der Waals surface area contributed by atoms with Gasteiger partial charge in [0, 0.05) is 5.69 Å². The van der Waals surface area contributed by atoms with Gasteiger partial charge in [-0.05, 0) is 50.1 Å². The number of anilines is 2. The molecule has 132 valence electrons. The van der Waals surface area contributed by atoms with Crippen molar-refractivity contribution in [1.29, 1.82) is 0 Å². The van der Waals surface area contributed by atoms with Crippen molar-refractivity contribution in [3.63, 3.8) is 0 Å². The summed E-state index contributed by atoms with van der Waals surface area (Å²) < 4.78 is 0. The van der Waals surface area contributed by atoms with E-state index in [9.17, 15) is 4.79 Å². The number of carbonyl (C=O) groups excluding carboxylic acids is 1. The van der Waals surface area contributed by atoms with Crippen molar-refractivity contribution >= 4 is 17.3 Å². The van der Waals surface area contributed by atoms with Gasteiger partial charge in [-0.1, -0.05) is 48.0 Å². The lowest BCUT2D eigenvalue weighted by Gasteiger charge is -2.14. The predicted molar refractivity (Wildman–Crippen MR) is 106 cm³/mol. The van der Waals surface area contributed by atoms with E-state index in [1.165, 1.54) is 11.1 Å². The molecule has 2 N–H and O–H groups in total. The quantitative estimate of drug-likeness (QED) is 0.689. The SMILES string of the molecule is Cc1ccc(Nc2ccc(C(=O)NC(C)c3ccccc3)nc2)c(C)c1. The Balaban J connectivity index is 1.66. The summed E-state index contributed by atoms with van der Waals surface area (Å²) in [6.07, 6.45) is 1.68. The highest BCUT2D eigenvalue weighted by atomic mass is 16.1. The number of benzene rings is 2. The number of aryl methyl sites for hydroxylation is 2. The van der Waals surface area contributed by atoms with E-state index in [1.54, 1.807) is 12.3 Å². The van der Waals surface area contributed by atoms with Gasteiger partial charge in [0.05, 0.1) is 17.9 Å². The van der Waals surface area contributed by atoms with Crippen molar-refractivity contribution in [3.8, 4) is 0 Å². The lowest BCUT2D eigenvalue weighted by atomic mass is 10.1. The van der Waals surface area contributed by atoms with E-state index >= 15 is 0 Å². The molecule has 26 heavy (non-hydrogen) atoms. The second-order valence-electron chi connectivity index (χ2n) is 6.48. The molecule has 1 heterocycles. The second-order valence-corrected chi connectivity index (χ2v) is 6.48. The molecule has 0 aliphatic carbocycles. The summed E-state index contributed by atoms with van der Waals surface area (Å²) in [6.45, 7) is 6.10. The van der Waals surface area contributed by atoms with Crippen LogP contribution in [0.5, 0.6) is 0 Å². The molecule has 1 unspecified atom stereocenters. The zero-order valence-electron chi connectivity index (χ0n) is 15.3. The van der Waals surface area contributed by atoms with Gasteiger partial charge in [-0.15, -0.1) is 0 Å². The molecule has 0 fully saturated rings. The average molecular weight is 345 g/mol. The van der Waals surface area contributed by atoms with Crippen LogP contribution in [0.4, 0.5) is 11.4 Å². The summed E-state index contributed by atoms with van der Waals surface area (Å²) in [5.41, 5.74) is 5.75. The number of nitrogens with one attached hydrogen (secondary N) is 2. The van der Waals surface area contributed by atoms with Crippen LogP contribution in [-0.4, -0.2) is 10.9 Å². The van der Waals surface area contributed by atoms with Gasteiger partial charge in [0.25, 0.3) is 5.91 Å². The normalized spacial score (nSPS) is 11.7. The van der Waals surface area contributed by atoms with E-state index in [0.29, 0.717) is 5.69 Å². The summed E-state index contributed by atoms with van der Waals surface area (Å²) in [5, 5.41) is 6.31. The van der Waals surface area contributed by atoms with Gasteiger partial charge in [0.2, 0.25) is 0 Å². The van der Waals surface area contributed by atoms with Crippen molar-refractivity contribution in [2.24, 2.45) is 0 Å². The molecule has 3 aromatic rings. The van der Waals surface area contributed by atoms with Gasteiger partial charge < -0.3 is 10.6 Å². The highest BCUT2D eigenvalue weighted by molar-refractivity contribution is 5.92. The van der Waals surface area contributed by atoms with Crippen molar-refractivity contribution < 1.29 is 4.79 Å². The molecule has 0 radical (unpaired) electrons. The van der Waals surface area contributed by atoms with Crippen LogP contribution in [0.25, 0.3) is 0 Å². The first-order chi connectivity index (χ1) is 12.5. The van der Waals surface area contributed by atoms with Crippen LogP contribution in [-0.2, 0) is 0 Å². The first kappa shape index (κ1) is 17.7. The lowest BCUT2D eigenvalue weighted by Crippen LogP contribution is -2.27. The summed E-state index contributed by atoms with van der Waals surface area (Å²) in [4.78, 5) is 16.7. The maximum absolute atomic E-state index is 12.4. The van der Waals surface area contributed by atoms with E-state index in [2.05, 4.69) is 41.6 Å². The average Bonchev–Trinajstić information content (AvgIpc) is 2.65. The Bertz CT molecular complexity index is 889. The van der Waals surface area contributed by atoms with E-state index < -0.39 is 0 Å². The van der Waals surface area contributed by atoms with Crippen molar-refractivity contribution in [2.45, 2.75) is 26.8 Å². The van der Waals surface area contributed by atoms with Gasteiger partial charge >= 0.3 is 0 Å². The Labute approximate surface area is 154 Å². The Morgan fingerprint density at radius 1 is 1.00 bits per heavy atom. The second kappa shape index (κ2) is 7.83. The summed E-state index contributed by atoms with van der Waals surface area (Å²) in [6, 6.07) is 19.6. The molecule has 0 spiro atoms. The molecule has 2 aromatic carbocycles. The molecule has 4 heteroatoms. The third kappa shape index (κ3) is 4.28.